The Kier molecular flexibility index (Phi) is 10.9. The van der Waals surface area contributed by atoms with Crippen molar-refractivity contribution in [3.05, 3.63) is 34.9 Å². The zero-order chi connectivity index (χ0) is 26.2. The van der Waals surface area contributed by atoms with Gasteiger partial charge in [0.1, 0.15) is 17.7 Å². The van der Waals surface area contributed by atoms with E-state index in [1.165, 1.54) is 4.90 Å². The minimum Gasteiger partial charge on any atom is -0.444 e. The van der Waals surface area contributed by atoms with Gasteiger partial charge in [-0.05, 0) is 64.7 Å². The maximum Gasteiger partial charge on any atom is 0.408 e. The van der Waals surface area contributed by atoms with Gasteiger partial charge in [0.25, 0.3) is 0 Å². The molecule has 2 N–H and O–H groups in total. The number of likely N-dealkylation sites (tertiary alicyclic amines) is 1. The molecule has 1 aromatic carbocycles. The first kappa shape index (κ1) is 29.0. The molecule has 1 fully saturated rings. The van der Waals surface area contributed by atoms with Crippen LogP contribution in [0, 0.1) is 0 Å². The second kappa shape index (κ2) is 13.2. The summed E-state index contributed by atoms with van der Waals surface area (Å²) in [6.07, 6.45) is 1.71. The molecule has 1 saturated heterocycles. The van der Waals surface area contributed by atoms with Gasteiger partial charge in [0, 0.05) is 17.3 Å². The van der Waals surface area contributed by atoms with Gasteiger partial charge in [0.05, 0.1) is 6.04 Å². The normalized spacial score (nSPS) is 17.4. The Morgan fingerprint density at radius 3 is 2.43 bits per heavy atom. The van der Waals surface area contributed by atoms with E-state index in [0.717, 1.165) is 23.7 Å². The van der Waals surface area contributed by atoms with Gasteiger partial charge in [-0.2, -0.15) is 0 Å². The first-order valence-corrected chi connectivity index (χ1v) is 13.3. The molecule has 0 saturated carbocycles. The molecular formula is C25H36ClN3O5S. The number of carbonyl (C=O) groups excluding carboxylic acids is 4. The lowest BCUT2D eigenvalue weighted by molar-refractivity contribution is -0.140. The first-order valence-electron chi connectivity index (χ1n) is 11.9. The Hall–Kier alpha value is -2.26. The van der Waals surface area contributed by atoms with E-state index in [0.29, 0.717) is 36.6 Å². The van der Waals surface area contributed by atoms with Crippen LogP contribution in [0.2, 0.25) is 5.02 Å². The van der Waals surface area contributed by atoms with Gasteiger partial charge in [0.2, 0.25) is 16.9 Å². The fourth-order valence-electron chi connectivity index (χ4n) is 3.74. The summed E-state index contributed by atoms with van der Waals surface area (Å²) in [7, 11) is 0. The molecule has 3 amide bonds. The molecule has 3 atom stereocenters. The van der Waals surface area contributed by atoms with Crippen molar-refractivity contribution in [2.45, 2.75) is 89.8 Å². The average Bonchev–Trinajstić information content (AvgIpc) is 3.26. The van der Waals surface area contributed by atoms with Crippen LogP contribution >= 0.6 is 23.4 Å². The van der Waals surface area contributed by atoms with Crippen LogP contribution in [-0.4, -0.2) is 58.2 Å². The molecule has 0 aliphatic carbocycles. The molecule has 0 bridgehead atoms. The first-order chi connectivity index (χ1) is 16.4. The molecule has 2 rings (SSSR count). The summed E-state index contributed by atoms with van der Waals surface area (Å²) in [6.45, 7) is 9.14. The van der Waals surface area contributed by atoms with Gasteiger partial charge >= 0.3 is 6.09 Å². The molecule has 1 aliphatic rings. The van der Waals surface area contributed by atoms with Crippen molar-refractivity contribution in [1.29, 1.82) is 0 Å². The van der Waals surface area contributed by atoms with E-state index in [9.17, 15) is 19.2 Å². The van der Waals surface area contributed by atoms with Gasteiger partial charge in [-0.15, -0.1) is 0 Å². The number of amides is 3. The lowest BCUT2D eigenvalue weighted by atomic mass is 10.1. The Morgan fingerprint density at radius 1 is 1.17 bits per heavy atom. The predicted octanol–water partition coefficient (Wildman–Crippen LogP) is 4.29. The second-order valence-electron chi connectivity index (χ2n) is 9.64. The summed E-state index contributed by atoms with van der Waals surface area (Å²) in [5, 5.41) is 5.91. The summed E-state index contributed by atoms with van der Waals surface area (Å²) in [5.41, 5.74) is 0.281. The number of halogens is 1. The molecular weight excluding hydrogens is 490 g/mol. The third-order valence-electron chi connectivity index (χ3n) is 5.41. The number of ether oxygens (including phenoxy) is 1. The fraction of sp³-hybridized carbons (Fsp3) is 0.600. The molecule has 0 aromatic heterocycles. The number of thioether (sulfide) groups is 1. The molecule has 8 nitrogen and oxygen atoms in total. The molecule has 0 spiro atoms. The molecule has 3 unspecified atom stereocenters. The Labute approximate surface area is 216 Å². The van der Waals surface area contributed by atoms with Crippen molar-refractivity contribution in [2.24, 2.45) is 0 Å². The Morgan fingerprint density at radius 2 is 1.83 bits per heavy atom. The topological polar surface area (TPSA) is 105 Å². The minimum atomic E-state index is -0.846. The van der Waals surface area contributed by atoms with Gasteiger partial charge < -0.3 is 20.3 Å². The van der Waals surface area contributed by atoms with E-state index < -0.39 is 29.8 Å². The number of benzene rings is 1. The van der Waals surface area contributed by atoms with Crippen LogP contribution in [0.1, 0.15) is 65.9 Å². The van der Waals surface area contributed by atoms with Crippen molar-refractivity contribution in [1.82, 2.24) is 15.5 Å². The number of nitrogens with zero attached hydrogens (tertiary/aromatic N) is 1. The molecule has 35 heavy (non-hydrogen) atoms. The van der Waals surface area contributed by atoms with E-state index >= 15 is 0 Å². The number of nitrogens with one attached hydrogen (secondary N) is 2. The number of rotatable bonds is 9. The van der Waals surface area contributed by atoms with Gasteiger partial charge in [0.15, 0.2) is 0 Å². The summed E-state index contributed by atoms with van der Waals surface area (Å²) in [4.78, 5) is 52.5. The van der Waals surface area contributed by atoms with Gasteiger partial charge in [-0.3, -0.25) is 14.4 Å². The highest BCUT2D eigenvalue weighted by Crippen LogP contribution is 2.22. The zero-order valence-electron chi connectivity index (χ0n) is 21.1. The molecule has 1 heterocycles. The summed E-state index contributed by atoms with van der Waals surface area (Å²) < 4.78 is 5.22. The number of carbonyl (C=O) groups is 4. The van der Waals surface area contributed by atoms with Crippen molar-refractivity contribution in [3.8, 4) is 0 Å². The number of alkyl carbamates (subject to hydrolysis) is 1. The van der Waals surface area contributed by atoms with Gasteiger partial charge in [-0.25, -0.2) is 4.79 Å². The maximum absolute atomic E-state index is 13.1. The molecule has 0 radical (unpaired) electrons. The average molecular weight is 526 g/mol. The van der Waals surface area contributed by atoms with Crippen LogP contribution in [0.25, 0.3) is 0 Å². The van der Waals surface area contributed by atoms with E-state index in [4.69, 9.17) is 16.3 Å². The molecule has 194 valence electrons. The van der Waals surface area contributed by atoms with Crippen molar-refractivity contribution in [3.63, 3.8) is 0 Å². The third kappa shape index (κ3) is 9.37. The highest BCUT2D eigenvalue weighted by Gasteiger charge is 2.38. The Balaban J connectivity index is 1.96. The van der Waals surface area contributed by atoms with Gasteiger partial charge in [-0.1, -0.05) is 48.8 Å². The van der Waals surface area contributed by atoms with E-state index in [1.807, 2.05) is 19.1 Å². The quantitative estimate of drug-likeness (QED) is 0.498. The third-order valence-corrected chi connectivity index (χ3v) is 6.71. The van der Waals surface area contributed by atoms with Crippen LogP contribution in [0.3, 0.4) is 0 Å². The zero-order valence-corrected chi connectivity index (χ0v) is 22.6. The SMILES string of the molecule is CCCC(NC(=O)C1CCCN1C(=O)C(C)NC(=O)OC(C)(C)C)C(=O)SCc1ccc(Cl)cc1. The Bertz CT molecular complexity index is 903. The van der Waals surface area contributed by atoms with Crippen LogP contribution in [0.4, 0.5) is 4.79 Å². The second-order valence-corrected chi connectivity index (χ2v) is 11.1. The van der Waals surface area contributed by atoms with Crippen molar-refractivity contribution >= 4 is 46.4 Å². The lowest BCUT2D eigenvalue weighted by Crippen LogP contribution is -2.54. The highest BCUT2D eigenvalue weighted by atomic mass is 35.5. The maximum atomic E-state index is 13.1. The minimum absolute atomic E-state index is 0.119. The molecule has 1 aliphatic heterocycles. The van der Waals surface area contributed by atoms with E-state index in [2.05, 4.69) is 10.6 Å². The monoisotopic (exact) mass is 525 g/mol. The summed E-state index contributed by atoms with van der Waals surface area (Å²) in [5.74, 6) is -0.225. The predicted molar refractivity (Wildman–Crippen MR) is 138 cm³/mol. The number of hydrogen-bond donors (Lipinski definition) is 2. The highest BCUT2D eigenvalue weighted by molar-refractivity contribution is 8.13. The van der Waals surface area contributed by atoms with Crippen LogP contribution < -0.4 is 10.6 Å². The van der Waals surface area contributed by atoms with E-state index in [1.54, 1.807) is 39.8 Å². The van der Waals surface area contributed by atoms with Crippen molar-refractivity contribution < 1.29 is 23.9 Å². The summed E-state index contributed by atoms with van der Waals surface area (Å²) >= 11 is 7.07. The molecule has 1 aromatic rings. The fourth-order valence-corrected chi connectivity index (χ4v) is 4.74. The summed E-state index contributed by atoms with van der Waals surface area (Å²) in [6, 6.07) is 5.12. The number of hydrogen-bond acceptors (Lipinski definition) is 6. The molecule has 10 heteroatoms. The standard InChI is InChI=1S/C25H36ClN3O5S/c1-6-8-19(23(32)35-15-17-10-12-18(26)13-11-17)28-21(30)20-9-7-14-29(20)22(31)16(2)27-24(33)34-25(3,4)5/h10-13,16,19-20H,6-9,14-15H2,1-5H3,(H,27,33)(H,28,30). The van der Waals surface area contributed by atoms with Crippen LogP contribution in [0.5, 0.6) is 0 Å². The van der Waals surface area contributed by atoms with Crippen LogP contribution in [-0.2, 0) is 24.9 Å². The lowest BCUT2D eigenvalue weighted by Gasteiger charge is -2.29. The van der Waals surface area contributed by atoms with Crippen molar-refractivity contribution in [2.75, 3.05) is 6.54 Å². The van der Waals surface area contributed by atoms with Crippen LogP contribution in [0.15, 0.2) is 24.3 Å². The van der Waals surface area contributed by atoms with E-state index in [-0.39, 0.29) is 16.9 Å². The smallest absolute Gasteiger partial charge is 0.408 e. The largest absolute Gasteiger partial charge is 0.444 e.